The molecule has 1 aromatic heterocycles. The maximum atomic E-state index is 11.1. The summed E-state index contributed by atoms with van der Waals surface area (Å²) < 4.78 is 5.91. The molecular weight excluding hydrogens is 342 g/mol. The highest BCUT2D eigenvalue weighted by atomic mass is 16.5. The van der Waals surface area contributed by atoms with Crippen molar-refractivity contribution in [1.82, 2.24) is 20.4 Å². The number of hydrogen-bond donors (Lipinski definition) is 3. The fourth-order valence-electron chi connectivity index (χ4n) is 2.83. The van der Waals surface area contributed by atoms with Crippen molar-refractivity contribution in [1.29, 1.82) is 0 Å². The van der Waals surface area contributed by atoms with Gasteiger partial charge in [-0.1, -0.05) is 12.1 Å². The molecule has 0 unspecified atom stereocenters. The van der Waals surface area contributed by atoms with Gasteiger partial charge in [-0.3, -0.25) is 14.8 Å². The Bertz CT molecular complexity index is 904. The molecule has 0 bridgehead atoms. The van der Waals surface area contributed by atoms with Gasteiger partial charge in [-0.25, -0.2) is 0 Å². The number of ether oxygens (including phenoxy) is 1. The van der Waals surface area contributed by atoms with Gasteiger partial charge in [0, 0.05) is 30.6 Å². The van der Waals surface area contributed by atoms with Gasteiger partial charge >= 0.3 is 0 Å². The maximum absolute atomic E-state index is 11.1. The monoisotopic (exact) mass is 367 g/mol. The molecule has 0 fully saturated rings. The van der Waals surface area contributed by atoms with Crippen LogP contribution in [0, 0.1) is 0 Å². The van der Waals surface area contributed by atoms with Gasteiger partial charge in [0.2, 0.25) is 5.91 Å². The number of nitrogens with zero attached hydrogens (tertiary/aromatic N) is 2. The second kappa shape index (κ2) is 8.66. The third-order valence-electron chi connectivity index (χ3n) is 4.42. The van der Waals surface area contributed by atoms with Gasteiger partial charge < -0.3 is 15.8 Å². The zero-order valence-electron chi connectivity index (χ0n) is 15.7. The Morgan fingerprint density at radius 3 is 2.74 bits per heavy atom. The van der Waals surface area contributed by atoms with Gasteiger partial charge in [0.25, 0.3) is 0 Å². The molecular formula is C20H25N5O2. The van der Waals surface area contributed by atoms with Crippen molar-refractivity contribution >= 4 is 16.8 Å². The summed E-state index contributed by atoms with van der Waals surface area (Å²) in [5, 5.41) is 11.7. The molecule has 0 spiro atoms. The van der Waals surface area contributed by atoms with Gasteiger partial charge in [-0.2, -0.15) is 5.10 Å². The van der Waals surface area contributed by atoms with Gasteiger partial charge in [0.1, 0.15) is 12.4 Å². The van der Waals surface area contributed by atoms with Crippen LogP contribution in [-0.2, 0) is 13.2 Å². The third kappa shape index (κ3) is 4.84. The van der Waals surface area contributed by atoms with E-state index >= 15 is 0 Å². The smallest absolute Gasteiger partial charge is 0.248 e. The zero-order chi connectivity index (χ0) is 19.2. The molecule has 3 rings (SSSR count). The number of carbonyl (C=O) groups is 1. The summed E-state index contributed by atoms with van der Waals surface area (Å²) in [6.07, 6.45) is 0. The van der Waals surface area contributed by atoms with E-state index in [1.165, 1.54) is 0 Å². The number of amides is 1. The van der Waals surface area contributed by atoms with Crippen LogP contribution in [0.25, 0.3) is 10.9 Å². The second-order valence-corrected chi connectivity index (χ2v) is 6.57. The van der Waals surface area contributed by atoms with Crippen molar-refractivity contribution in [2.45, 2.75) is 13.2 Å². The van der Waals surface area contributed by atoms with Crippen molar-refractivity contribution < 1.29 is 9.53 Å². The number of fused-ring (bicyclic) bond motifs is 1. The van der Waals surface area contributed by atoms with Crippen LogP contribution in [0.3, 0.4) is 0 Å². The van der Waals surface area contributed by atoms with Crippen molar-refractivity contribution in [3.05, 3.63) is 59.3 Å². The van der Waals surface area contributed by atoms with Crippen molar-refractivity contribution in [2.24, 2.45) is 5.73 Å². The first-order chi connectivity index (χ1) is 13.1. The maximum Gasteiger partial charge on any atom is 0.248 e. The van der Waals surface area contributed by atoms with E-state index in [0.717, 1.165) is 47.5 Å². The normalized spacial score (nSPS) is 11.2. The number of aromatic amines is 1. The van der Waals surface area contributed by atoms with Gasteiger partial charge in [-0.05, 0) is 50.0 Å². The number of nitrogens with two attached hydrogens (primary N) is 1. The van der Waals surface area contributed by atoms with E-state index in [0.29, 0.717) is 12.2 Å². The van der Waals surface area contributed by atoms with Crippen LogP contribution < -0.4 is 15.8 Å². The molecule has 2 aromatic carbocycles. The van der Waals surface area contributed by atoms with Gasteiger partial charge in [0.15, 0.2) is 0 Å². The van der Waals surface area contributed by atoms with Gasteiger partial charge in [-0.15, -0.1) is 0 Å². The van der Waals surface area contributed by atoms with E-state index in [1.54, 1.807) is 12.1 Å². The molecule has 0 aliphatic rings. The minimum Gasteiger partial charge on any atom is -0.489 e. The Kier molecular flexibility index (Phi) is 6.05. The molecule has 4 N–H and O–H groups in total. The predicted octanol–water partition coefficient (Wildman–Crippen LogP) is 1.89. The molecule has 1 amide bonds. The Morgan fingerprint density at radius 2 is 2.04 bits per heavy atom. The standard InChI is InChI=1S/C20H25N5O2/c1-22-9-10-25(2)12-19-17-11-16(7-8-18(17)23-24-19)27-13-14-3-5-15(6-4-14)20(21)26/h3-8,11,22H,9-10,12-13H2,1-2H3,(H2,21,26)(H,23,24). The minimum atomic E-state index is -0.430. The first-order valence-corrected chi connectivity index (χ1v) is 8.88. The molecule has 7 nitrogen and oxygen atoms in total. The number of aromatic nitrogens is 2. The van der Waals surface area contributed by atoms with Crippen molar-refractivity contribution in [2.75, 3.05) is 27.2 Å². The molecule has 1 heterocycles. The van der Waals surface area contributed by atoms with Gasteiger partial charge in [0.05, 0.1) is 11.2 Å². The van der Waals surface area contributed by atoms with Crippen LogP contribution in [0.2, 0.25) is 0 Å². The third-order valence-corrected chi connectivity index (χ3v) is 4.42. The highest BCUT2D eigenvalue weighted by Crippen LogP contribution is 2.23. The molecule has 0 saturated carbocycles. The van der Waals surface area contributed by atoms with Crippen LogP contribution in [-0.4, -0.2) is 48.2 Å². The fourth-order valence-corrected chi connectivity index (χ4v) is 2.83. The second-order valence-electron chi connectivity index (χ2n) is 6.57. The number of rotatable bonds is 9. The molecule has 7 heteroatoms. The molecule has 27 heavy (non-hydrogen) atoms. The fraction of sp³-hybridized carbons (Fsp3) is 0.300. The summed E-state index contributed by atoms with van der Waals surface area (Å²) in [4.78, 5) is 13.4. The lowest BCUT2D eigenvalue weighted by molar-refractivity contribution is 0.1000. The Balaban J connectivity index is 1.68. The average Bonchev–Trinajstić information content (AvgIpc) is 3.07. The van der Waals surface area contributed by atoms with Crippen LogP contribution in [0.1, 0.15) is 21.6 Å². The summed E-state index contributed by atoms with van der Waals surface area (Å²) >= 11 is 0. The molecule has 0 aliphatic carbocycles. The number of likely N-dealkylation sites (N-methyl/N-ethyl adjacent to an activating group) is 2. The Morgan fingerprint density at radius 1 is 1.26 bits per heavy atom. The Labute approximate surface area is 158 Å². The van der Waals surface area contributed by atoms with Crippen LogP contribution in [0.15, 0.2) is 42.5 Å². The summed E-state index contributed by atoms with van der Waals surface area (Å²) in [5.41, 5.74) is 8.71. The average molecular weight is 367 g/mol. The van der Waals surface area contributed by atoms with E-state index in [1.807, 2.05) is 37.4 Å². The van der Waals surface area contributed by atoms with E-state index in [4.69, 9.17) is 10.5 Å². The molecule has 0 radical (unpaired) electrons. The topological polar surface area (TPSA) is 96.3 Å². The molecule has 0 saturated heterocycles. The van der Waals surface area contributed by atoms with E-state index < -0.39 is 5.91 Å². The van der Waals surface area contributed by atoms with Crippen molar-refractivity contribution in [3.63, 3.8) is 0 Å². The SMILES string of the molecule is CNCCN(C)Cc1n[nH]c2ccc(OCc3ccc(C(N)=O)cc3)cc12. The summed E-state index contributed by atoms with van der Waals surface area (Å²) in [7, 11) is 4.02. The summed E-state index contributed by atoms with van der Waals surface area (Å²) in [6, 6.07) is 13.0. The molecule has 142 valence electrons. The van der Waals surface area contributed by atoms with Crippen molar-refractivity contribution in [3.8, 4) is 5.75 Å². The number of nitrogens with one attached hydrogen (secondary N) is 2. The number of benzene rings is 2. The minimum absolute atomic E-state index is 0.416. The largest absolute Gasteiger partial charge is 0.489 e. The van der Waals surface area contributed by atoms with E-state index in [2.05, 4.69) is 27.5 Å². The molecule has 3 aromatic rings. The van der Waals surface area contributed by atoms with E-state index in [9.17, 15) is 4.79 Å². The number of primary amides is 1. The zero-order valence-corrected chi connectivity index (χ0v) is 15.7. The lowest BCUT2D eigenvalue weighted by atomic mass is 10.1. The highest BCUT2D eigenvalue weighted by Gasteiger charge is 2.10. The number of H-pyrrole nitrogens is 1. The first kappa shape index (κ1) is 18.9. The predicted molar refractivity (Wildman–Crippen MR) is 106 cm³/mol. The molecule has 0 aliphatic heterocycles. The lowest BCUT2D eigenvalue weighted by Gasteiger charge is -2.15. The van der Waals surface area contributed by atoms with Crippen LogP contribution >= 0.6 is 0 Å². The van der Waals surface area contributed by atoms with E-state index in [-0.39, 0.29) is 0 Å². The number of hydrogen-bond acceptors (Lipinski definition) is 5. The van der Waals surface area contributed by atoms with Crippen LogP contribution in [0.5, 0.6) is 5.75 Å². The first-order valence-electron chi connectivity index (χ1n) is 8.88. The number of carbonyl (C=O) groups excluding carboxylic acids is 1. The van der Waals surface area contributed by atoms with Crippen LogP contribution in [0.4, 0.5) is 0 Å². The summed E-state index contributed by atoms with van der Waals surface area (Å²) in [6.45, 7) is 3.06. The quantitative estimate of drug-likeness (QED) is 0.537. The molecule has 0 atom stereocenters. The Hall–Kier alpha value is -2.90. The lowest BCUT2D eigenvalue weighted by Crippen LogP contribution is -2.27. The highest BCUT2D eigenvalue weighted by molar-refractivity contribution is 5.92. The summed E-state index contributed by atoms with van der Waals surface area (Å²) in [5.74, 6) is 0.349.